The molecule has 0 spiro atoms. The molecule has 0 fully saturated rings. The quantitative estimate of drug-likeness (QED) is 0.498. The Morgan fingerprint density at radius 1 is 0.969 bits per heavy atom. The van der Waals surface area contributed by atoms with Crippen molar-refractivity contribution in [2.24, 2.45) is 5.92 Å². The van der Waals surface area contributed by atoms with Crippen LogP contribution in [0.5, 0.6) is 5.75 Å². The SMILES string of the molecule is COc1ccc(CN(C(=O)C(C)C)[C@@H](C(=O)NCCCOC(C)C)c2ccccc2)cc1. The van der Waals surface area contributed by atoms with E-state index in [0.29, 0.717) is 26.1 Å². The number of amides is 2. The molecule has 6 nitrogen and oxygen atoms in total. The molecule has 0 aliphatic heterocycles. The van der Waals surface area contributed by atoms with Crippen molar-refractivity contribution in [2.45, 2.75) is 52.8 Å². The monoisotopic (exact) mass is 440 g/mol. The molecule has 0 aromatic heterocycles. The first-order valence-electron chi connectivity index (χ1n) is 11.2. The lowest BCUT2D eigenvalue weighted by Gasteiger charge is -2.33. The van der Waals surface area contributed by atoms with E-state index < -0.39 is 6.04 Å². The summed E-state index contributed by atoms with van der Waals surface area (Å²) in [5.74, 6) is 0.236. The molecular formula is C26H36N2O4. The summed E-state index contributed by atoms with van der Waals surface area (Å²) >= 11 is 0. The van der Waals surface area contributed by atoms with Crippen LogP contribution < -0.4 is 10.1 Å². The van der Waals surface area contributed by atoms with E-state index in [1.807, 2.05) is 82.3 Å². The van der Waals surface area contributed by atoms with Crippen molar-refractivity contribution in [3.63, 3.8) is 0 Å². The van der Waals surface area contributed by atoms with Gasteiger partial charge >= 0.3 is 0 Å². The van der Waals surface area contributed by atoms with Gasteiger partial charge in [-0.25, -0.2) is 0 Å². The molecule has 6 heteroatoms. The molecule has 2 aromatic rings. The Labute approximate surface area is 191 Å². The number of methoxy groups -OCH3 is 1. The largest absolute Gasteiger partial charge is 0.497 e. The van der Waals surface area contributed by atoms with Gasteiger partial charge in [-0.2, -0.15) is 0 Å². The topological polar surface area (TPSA) is 67.9 Å². The first-order valence-corrected chi connectivity index (χ1v) is 11.2. The van der Waals surface area contributed by atoms with Crippen LogP contribution in [-0.4, -0.2) is 43.1 Å². The van der Waals surface area contributed by atoms with Crippen molar-refractivity contribution in [3.8, 4) is 5.75 Å². The summed E-state index contributed by atoms with van der Waals surface area (Å²) in [5.41, 5.74) is 1.71. The zero-order valence-corrected chi connectivity index (χ0v) is 19.8. The van der Waals surface area contributed by atoms with E-state index in [4.69, 9.17) is 9.47 Å². The molecule has 0 saturated heterocycles. The fourth-order valence-corrected chi connectivity index (χ4v) is 3.36. The zero-order valence-electron chi connectivity index (χ0n) is 19.8. The Kier molecular flexibility index (Phi) is 10.2. The number of nitrogens with one attached hydrogen (secondary N) is 1. The lowest BCUT2D eigenvalue weighted by Crippen LogP contribution is -2.45. The fraction of sp³-hybridized carbons (Fsp3) is 0.462. The van der Waals surface area contributed by atoms with E-state index in [0.717, 1.165) is 16.9 Å². The second kappa shape index (κ2) is 12.9. The third-order valence-corrected chi connectivity index (χ3v) is 5.04. The van der Waals surface area contributed by atoms with Crippen molar-refractivity contribution < 1.29 is 19.1 Å². The second-order valence-corrected chi connectivity index (χ2v) is 8.35. The molecular weight excluding hydrogens is 404 g/mol. The van der Waals surface area contributed by atoms with Crippen LogP contribution in [-0.2, 0) is 20.9 Å². The molecule has 2 aromatic carbocycles. The van der Waals surface area contributed by atoms with Crippen LogP contribution in [0.15, 0.2) is 54.6 Å². The van der Waals surface area contributed by atoms with Crippen LogP contribution in [0, 0.1) is 5.92 Å². The maximum Gasteiger partial charge on any atom is 0.247 e. The number of hydrogen-bond donors (Lipinski definition) is 1. The highest BCUT2D eigenvalue weighted by molar-refractivity contribution is 5.89. The van der Waals surface area contributed by atoms with E-state index in [9.17, 15) is 9.59 Å². The fourth-order valence-electron chi connectivity index (χ4n) is 3.36. The van der Waals surface area contributed by atoms with Crippen molar-refractivity contribution in [1.29, 1.82) is 0 Å². The maximum absolute atomic E-state index is 13.3. The summed E-state index contributed by atoms with van der Waals surface area (Å²) in [4.78, 5) is 28.2. The number of carbonyl (C=O) groups is 2. The van der Waals surface area contributed by atoms with Gasteiger partial charge in [-0.3, -0.25) is 9.59 Å². The van der Waals surface area contributed by atoms with Gasteiger partial charge in [0, 0.05) is 25.6 Å². The number of rotatable bonds is 12. The highest BCUT2D eigenvalue weighted by Crippen LogP contribution is 2.26. The summed E-state index contributed by atoms with van der Waals surface area (Å²) in [7, 11) is 1.62. The summed E-state index contributed by atoms with van der Waals surface area (Å²) in [6.45, 7) is 9.07. The van der Waals surface area contributed by atoms with E-state index in [1.165, 1.54) is 0 Å². The van der Waals surface area contributed by atoms with Crippen LogP contribution >= 0.6 is 0 Å². The Bertz CT molecular complexity index is 835. The van der Waals surface area contributed by atoms with Gasteiger partial charge in [0.05, 0.1) is 13.2 Å². The van der Waals surface area contributed by atoms with Gasteiger partial charge in [0.15, 0.2) is 0 Å². The smallest absolute Gasteiger partial charge is 0.247 e. The third kappa shape index (κ3) is 7.68. The van der Waals surface area contributed by atoms with E-state index in [1.54, 1.807) is 12.0 Å². The minimum absolute atomic E-state index is 0.0760. The molecule has 32 heavy (non-hydrogen) atoms. The molecule has 0 heterocycles. The van der Waals surface area contributed by atoms with Gasteiger partial charge in [-0.1, -0.05) is 56.3 Å². The number of benzene rings is 2. The molecule has 174 valence electrons. The van der Waals surface area contributed by atoms with Crippen molar-refractivity contribution in [3.05, 3.63) is 65.7 Å². The number of carbonyl (C=O) groups excluding carboxylic acids is 2. The Morgan fingerprint density at radius 2 is 1.62 bits per heavy atom. The molecule has 0 bridgehead atoms. The van der Waals surface area contributed by atoms with E-state index in [-0.39, 0.29) is 23.8 Å². The van der Waals surface area contributed by atoms with Gasteiger partial charge in [0.1, 0.15) is 11.8 Å². The van der Waals surface area contributed by atoms with Crippen LogP contribution in [0.2, 0.25) is 0 Å². The molecule has 1 atom stereocenters. The number of nitrogens with zero attached hydrogens (tertiary/aromatic N) is 1. The van der Waals surface area contributed by atoms with Crippen LogP contribution in [0.4, 0.5) is 0 Å². The Balaban J connectivity index is 2.27. The average Bonchev–Trinajstić information content (AvgIpc) is 2.78. The minimum atomic E-state index is -0.723. The maximum atomic E-state index is 13.3. The first kappa shape index (κ1) is 25.4. The molecule has 2 amide bonds. The van der Waals surface area contributed by atoms with Crippen LogP contribution in [0.3, 0.4) is 0 Å². The van der Waals surface area contributed by atoms with Gasteiger partial charge in [0.2, 0.25) is 11.8 Å². The summed E-state index contributed by atoms with van der Waals surface area (Å²) in [5, 5.41) is 3.00. The van der Waals surface area contributed by atoms with Gasteiger partial charge in [-0.15, -0.1) is 0 Å². The van der Waals surface area contributed by atoms with E-state index >= 15 is 0 Å². The van der Waals surface area contributed by atoms with Crippen LogP contribution in [0.25, 0.3) is 0 Å². The second-order valence-electron chi connectivity index (χ2n) is 8.35. The minimum Gasteiger partial charge on any atom is -0.497 e. The normalized spacial score (nSPS) is 12.0. The number of ether oxygens (including phenoxy) is 2. The summed E-state index contributed by atoms with van der Waals surface area (Å²) < 4.78 is 10.8. The third-order valence-electron chi connectivity index (χ3n) is 5.04. The molecule has 0 radical (unpaired) electrons. The summed E-state index contributed by atoms with van der Waals surface area (Å²) in [6.07, 6.45) is 0.869. The van der Waals surface area contributed by atoms with Crippen LogP contribution in [0.1, 0.15) is 51.3 Å². The molecule has 0 saturated carbocycles. The molecule has 2 rings (SSSR count). The van der Waals surface area contributed by atoms with Crippen molar-refractivity contribution in [1.82, 2.24) is 10.2 Å². The van der Waals surface area contributed by atoms with Gasteiger partial charge in [-0.05, 0) is 43.5 Å². The Morgan fingerprint density at radius 3 is 2.19 bits per heavy atom. The molecule has 0 aliphatic carbocycles. The first-order chi connectivity index (χ1) is 15.3. The van der Waals surface area contributed by atoms with Gasteiger partial charge < -0.3 is 19.7 Å². The predicted octanol–water partition coefficient (Wildman–Crippen LogP) is 4.35. The standard InChI is InChI=1S/C26H36N2O4/c1-19(2)26(30)28(18-21-12-14-23(31-5)15-13-21)24(22-10-7-6-8-11-22)25(29)27-16-9-17-32-20(3)4/h6-8,10-15,19-20,24H,9,16-18H2,1-5H3,(H,27,29)/t24-/m1/s1. The number of hydrogen-bond acceptors (Lipinski definition) is 4. The van der Waals surface area contributed by atoms with E-state index in [2.05, 4.69) is 5.32 Å². The lowest BCUT2D eigenvalue weighted by atomic mass is 10.0. The Hall–Kier alpha value is -2.86. The lowest BCUT2D eigenvalue weighted by molar-refractivity contribution is -0.144. The van der Waals surface area contributed by atoms with Gasteiger partial charge in [0.25, 0.3) is 0 Å². The molecule has 1 N–H and O–H groups in total. The highest BCUT2D eigenvalue weighted by Gasteiger charge is 2.32. The predicted molar refractivity (Wildman–Crippen MR) is 126 cm³/mol. The van der Waals surface area contributed by atoms with Crippen molar-refractivity contribution >= 4 is 11.8 Å². The summed E-state index contributed by atoms with van der Waals surface area (Å²) in [6, 6.07) is 16.3. The molecule has 0 unspecified atom stereocenters. The van der Waals surface area contributed by atoms with Crippen molar-refractivity contribution in [2.75, 3.05) is 20.3 Å². The molecule has 0 aliphatic rings. The highest BCUT2D eigenvalue weighted by atomic mass is 16.5. The average molecular weight is 441 g/mol. The zero-order chi connectivity index (χ0) is 23.5.